The zero-order valence-corrected chi connectivity index (χ0v) is 13.4. The molecule has 0 saturated carbocycles. The molecule has 0 aliphatic heterocycles. The summed E-state index contributed by atoms with van der Waals surface area (Å²) in [5, 5.41) is 10.9. The van der Waals surface area contributed by atoms with Crippen molar-refractivity contribution in [2.24, 2.45) is 0 Å². The Balaban J connectivity index is 2.45. The lowest BCUT2D eigenvalue weighted by atomic mass is 9.94. The summed E-state index contributed by atoms with van der Waals surface area (Å²) in [5.41, 5.74) is 2.87. The molecule has 0 fully saturated rings. The van der Waals surface area contributed by atoms with E-state index in [1.54, 1.807) is 32.2 Å². The van der Waals surface area contributed by atoms with Crippen molar-refractivity contribution in [2.75, 3.05) is 7.11 Å². The number of fused-ring (bicyclic) bond motifs is 1. The maximum Gasteiger partial charge on any atom is 0.354 e. The summed E-state index contributed by atoms with van der Waals surface area (Å²) in [5.74, 6) is -0.522. The number of pyridine rings is 1. The molecule has 2 aromatic carbocycles. The molecular formula is C18H14ClNO3. The summed E-state index contributed by atoms with van der Waals surface area (Å²) in [6.45, 7) is 1.76. The number of halogens is 1. The number of carbonyl (C=O) groups is 1. The molecule has 1 aromatic heterocycles. The highest BCUT2D eigenvalue weighted by molar-refractivity contribution is 6.30. The third-order valence-electron chi connectivity index (χ3n) is 3.78. The predicted molar refractivity (Wildman–Crippen MR) is 90.4 cm³/mol. The zero-order chi connectivity index (χ0) is 16.6. The van der Waals surface area contributed by atoms with Crippen molar-refractivity contribution in [1.82, 2.24) is 4.98 Å². The van der Waals surface area contributed by atoms with Crippen molar-refractivity contribution in [3.63, 3.8) is 0 Å². The van der Waals surface area contributed by atoms with Gasteiger partial charge >= 0.3 is 5.97 Å². The summed E-state index contributed by atoms with van der Waals surface area (Å²) in [6.07, 6.45) is 0. The molecule has 0 spiro atoms. The van der Waals surface area contributed by atoms with Gasteiger partial charge in [0.15, 0.2) is 5.69 Å². The molecule has 3 rings (SSSR count). The Morgan fingerprint density at radius 2 is 1.87 bits per heavy atom. The first kappa shape index (κ1) is 15.3. The third kappa shape index (κ3) is 2.62. The van der Waals surface area contributed by atoms with Gasteiger partial charge in [0.25, 0.3) is 0 Å². The van der Waals surface area contributed by atoms with Crippen molar-refractivity contribution in [1.29, 1.82) is 0 Å². The van der Waals surface area contributed by atoms with E-state index in [1.807, 2.05) is 24.3 Å². The van der Waals surface area contributed by atoms with E-state index in [2.05, 4.69) is 4.98 Å². The summed E-state index contributed by atoms with van der Waals surface area (Å²) in [7, 11) is 1.54. The fourth-order valence-electron chi connectivity index (χ4n) is 2.72. The highest BCUT2D eigenvalue weighted by Crippen LogP contribution is 2.36. The van der Waals surface area contributed by atoms with E-state index >= 15 is 0 Å². The van der Waals surface area contributed by atoms with Crippen LogP contribution in [0.2, 0.25) is 5.02 Å². The summed E-state index contributed by atoms with van der Waals surface area (Å²) in [6, 6.07) is 12.8. The van der Waals surface area contributed by atoms with Gasteiger partial charge in [-0.3, -0.25) is 0 Å². The van der Waals surface area contributed by atoms with Gasteiger partial charge in [-0.25, -0.2) is 9.78 Å². The molecular weight excluding hydrogens is 314 g/mol. The minimum Gasteiger partial charge on any atom is -0.494 e. The Morgan fingerprint density at radius 3 is 2.48 bits per heavy atom. The molecule has 23 heavy (non-hydrogen) atoms. The quantitative estimate of drug-likeness (QED) is 0.765. The van der Waals surface area contributed by atoms with E-state index in [-0.39, 0.29) is 5.69 Å². The van der Waals surface area contributed by atoms with E-state index in [1.165, 1.54) is 0 Å². The molecule has 1 N–H and O–H groups in total. The number of rotatable bonds is 3. The second-order valence-electron chi connectivity index (χ2n) is 5.13. The summed E-state index contributed by atoms with van der Waals surface area (Å²) >= 11 is 5.96. The fraction of sp³-hybridized carbons (Fsp3) is 0.111. The first-order valence-electron chi connectivity index (χ1n) is 6.99. The van der Waals surface area contributed by atoms with Gasteiger partial charge < -0.3 is 9.84 Å². The highest BCUT2D eigenvalue weighted by Gasteiger charge is 2.19. The average molecular weight is 328 g/mol. The van der Waals surface area contributed by atoms with Crippen molar-refractivity contribution < 1.29 is 14.6 Å². The standard InChI is InChI=1S/C18H14ClNO3/c1-10-15(11-6-8-12(19)9-7-11)13-4-3-5-14(23-2)17(13)20-16(10)18(21)22/h3-9H,1-2H3,(H,21,22). The molecule has 0 aliphatic carbocycles. The van der Waals surface area contributed by atoms with Crippen LogP contribution in [0.5, 0.6) is 5.75 Å². The lowest BCUT2D eigenvalue weighted by molar-refractivity contribution is 0.0690. The van der Waals surface area contributed by atoms with E-state index in [0.717, 1.165) is 16.5 Å². The molecule has 5 heteroatoms. The number of hydrogen-bond acceptors (Lipinski definition) is 3. The number of carboxylic acids is 1. The molecule has 116 valence electrons. The van der Waals surface area contributed by atoms with Crippen LogP contribution in [0.3, 0.4) is 0 Å². The van der Waals surface area contributed by atoms with Crippen LogP contribution < -0.4 is 4.74 Å². The van der Waals surface area contributed by atoms with Gasteiger partial charge in [-0.2, -0.15) is 0 Å². The molecule has 0 unspecified atom stereocenters. The number of nitrogens with zero attached hydrogens (tertiary/aromatic N) is 1. The third-order valence-corrected chi connectivity index (χ3v) is 4.03. The van der Waals surface area contributed by atoms with E-state index in [9.17, 15) is 9.90 Å². The van der Waals surface area contributed by atoms with E-state index in [0.29, 0.717) is 21.9 Å². The highest BCUT2D eigenvalue weighted by atomic mass is 35.5. The Labute approximate surface area is 138 Å². The first-order valence-corrected chi connectivity index (χ1v) is 7.37. The number of benzene rings is 2. The largest absolute Gasteiger partial charge is 0.494 e. The minimum atomic E-state index is -1.06. The van der Waals surface area contributed by atoms with Crippen LogP contribution in [-0.2, 0) is 0 Å². The van der Waals surface area contributed by atoms with Gasteiger partial charge in [0.2, 0.25) is 0 Å². The van der Waals surface area contributed by atoms with Crippen LogP contribution in [0.4, 0.5) is 0 Å². The van der Waals surface area contributed by atoms with Gasteiger partial charge in [0, 0.05) is 10.4 Å². The first-order chi connectivity index (χ1) is 11.0. The zero-order valence-electron chi connectivity index (χ0n) is 12.6. The second-order valence-corrected chi connectivity index (χ2v) is 5.57. The SMILES string of the molecule is COc1cccc2c(-c3ccc(Cl)cc3)c(C)c(C(=O)O)nc12. The van der Waals surface area contributed by atoms with Gasteiger partial charge in [-0.1, -0.05) is 35.9 Å². The molecule has 3 aromatic rings. The van der Waals surface area contributed by atoms with Gasteiger partial charge in [-0.15, -0.1) is 0 Å². The lowest BCUT2D eigenvalue weighted by Gasteiger charge is -2.14. The second kappa shape index (κ2) is 5.89. The van der Waals surface area contributed by atoms with Crippen LogP contribution in [-0.4, -0.2) is 23.2 Å². The Morgan fingerprint density at radius 1 is 1.17 bits per heavy atom. The van der Waals surface area contributed by atoms with E-state index in [4.69, 9.17) is 16.3 Å². The van der Waals surface area contributed by atoms with Gasteiger partial charge in [-0.05, 0) is 41.8 Å². The molecule has 0 atom stereocenters. The fourth-order valence-corrected chi connectivity index (χ4v) is 2.84. The maximum atomic E-state index is 11.6. The molecule has 0 radical (unpaired) electrons. The van der Waals surface area contributed by atoms with Crippen molar-refractivity contribution >= 4 is 28.5 Å². The molecule has 0 saturated heterocycles. The number of hydrogen-bond donors (Lipinski definition) is 1. The van der Waals surface area contributed by atoms with Crippen molar-refractivity contribution in [3.05, 3.63) is 58.7 Å². The number of ether oxygens (including phenoxy) is 1. The van der Waals surface area contributed by atoms with Crippen LogP contribution in [0.1, 0.15) is 16.1 Å². The molecule has 0 amide bonds. The molecule has 4 nitrogen and oxygen atoms in total. The van der Waals surface area contributed by atoms with Crippen LogP contribution in [0.25, 0.3) is 22.0 Å². The summed E-state index contributed by atoms with van der Waals surface area (Å²) < 4.78 is 5.34. The minimum absolute atomic E-state index is 0.0203. The van der Waals surface area contributed by atoms with E-state index < -0.39 is 5.97 Å². The topological polar surface area (TPSA) is 59.4 Å². The normalized spacial score (nSPS) is 10.7. The average Bonchev–Trinajstić information content (AvgIpc) is 2.54. The Kier molecular flexibility index (Phi) is 3.92. The van der Waals surface area contributed by atoms with Gasteiger partial charge in [0.1, 0.15) is 11.3 Å². The predicted octanol–water partition coefficient (Wildman–Crippen LogP) is 4.57. The van der Waals surface area contributed by atoms with Crippen LogP contribution >= 0.6 is 11.6 Å². The number of para-hydroxylation sites is 1. The van der Waals surface area contributed by atoms with Crippen molar-refractivity contribution in [3.8, 4) is 16.9 Å². The number of aromatic carboxylic acids is 1. The lowest BCUT2D eigenvalue weighted by Crippen LogP contribution is -2.06. The van der Waals surface area contributed by atoms with Crippen molar-refractivity contribution in [2.45, 2.75) is 6.92 Å². The summed E-state index contributed by atoms with van der Waals surface area (Å²) in [4.78, 5) is 15.9. The van der Waals surface area contributed by atoms with Crippen LogP contribution in [0, 0.1) is 6.92 Å². The molecule has 0 bridgehead atoms. The number of methoxy groups -OCH3 is 1. The molecule has 1 heterocycles. The Hall–Kier alpha value is -2.59. The smallest absolute Gasteiger partial charge is 0.354 e. The maximum absolute atomic E-state index is 11.6. The van der Waals surface area contributed by atoms with Crippen LogP contribution in [0.15, 0.2) is 42.5 Å². The number of aromatic nitrogens is 1. The Bertz CT molecular complexity index is 904. The molecule has 0 aliphatic rings. The monoisotopic (exact) mass is 327 g/mol. The van der Waals surface area contributed by atoms with Gasteiger partial charge in [0.05, 0.1) is 7.11 Å². The number of carboxylic acid groups (broad SMARTS) is 1.